The van der Waals surface area contributed by atoms with Crippen molar-refractivity contribution in [1.82, 2.24) is 24.6 Å². The molecule has 162 valence electrons. The third-order valence-electron chi connectivity index (χ3n) is 5.87. The molecule has 0 radical (unpaired) electrons. The van der Waals surface area contributed by atoms with Gasteiger partial charge in [0.25, 0.3) is 5.91 Å². The van der Waals surface area contributed by atoms with Crippen molar-refractivity contribution in [2.24, 2.45) is 5.92 Å². The van der Waals surface area contributed by atoms with Gasteiger partial charge in [0.15, 0.2) is 9.84 Å². The van der Waals surface area contributed by atoms with Gasteiger partial charge in [-0.05, 0) is 25.5 Å². The Morgan fingerprint density at radius 2 is 2.13 bits per heavy atom. The highest BCUT2D eigenvalue weighted by Crippen LogP contribution is 2.45. The molecule has 2 saturated heterocycles. The number of hydrogen-bond acceptors (Lipinski definition) is 8. The van der Waals surface area contributed by atoms with E-state index in [2.05, 4.69) is 15.1 Å². The summed E-state index contributed by atoms with van der Waals surface area (Å²) in [4.78, 5) is 22.6. The van der Waals surface area contributed by atoms with Gasteiger partial charge < -0.3 is 14.4 Å². The van der Waals surface area contributed by atoms with Crippen LogP contribution in [-0.2, 0) is 21.1 Å². The molecule has 10 nitrogen and oxygen atoms in total. The van der Waals surface area contributed by atoms with E-state index in [9.17, 15) is 13.2 Å². The summed E-state index contributed by atoms with van der Waals surface area (Å²) in [6.45, 7) is 3.39. The van der Waals surface area contributed by atoms with Crippen molar-refractivity contribution in [2.45, 2.75) is 24.6 Å². The highest BCUT2D eigenvalue weighted by Gasteiger charge is 2.62. The average molecular weight is 436 g/mol. The Bertz CT molecular complexity index is 1030. The molecule has 0 bridgehead atoms. The normalized spacial score (nSPS) is 21.5. The molecule has 11 heteroatoms. The van der Waals surface area contributed by atoms with Crippen LogP contribution in [0.15, 0.2) is 24.5 Å². The average Bonchev–Trinajstić information content (AvgIpc) is 3.25. The van der Waals surface area contributed by atoms with Crippen molar-refractivity contribution < 1.29 is 22.7 Å². The SMILES string of the molecule is COCCn1ccc(C(=O)N2CC3(C2)C(COc2nccc(C)n2)CCS3(=O)=O)n1. The molecular formula is C19H25N5O5S. The first-order chi connectivity index (χ1) is 14.3. The number of likely N-dealkylation sites (tertiary alicyclic amines) is 1. The summed E-state index contributed by atoms with van der Waals surface area (Å²) >= 11 is 0. The smallest absolute Gasteiger partial charge is 0.316 e. The molecule has 2 aromatic rings. The second kappa shape index (κ2) is 7.95. The highest BCUT2D eigenvalue weighted by atomic mass is 32.2. The zero-order valence-corrected chi connectivity index (χ0v) is 17.8. The van der Waals surface area contributed by atoms with Crippen molar-refractivity contribution in [3.63, 3.8) is 0 Å². The summed E-state index contributed by atoms with van der Waals surface area (Å²) in [6.07, 6.45) is 3.82. The summed E-state index contributed by atoms with van der Waals surface area (Å²) in [7, 11) is -1.72. The quantitative estimate of drug-likeness (QED) is 0.611. The lowest BCUT2D eigenvalue weighted by Gasteiger charge is -2.49. The summed E-state index contributed by atoms with van der Waals surface area (Å²) < 4.78 is 37.0. The first-order valence-corrected chi connectivity index (χ1v) is 11.5. The number of aryl methyl sites for hydroxylation is 1. The lowest BCUT2D eigenvalue weighted by Crippen LogP contribution is -2.69. The number of amides is 1. The Labute approximate surface area is 175 Å². The molecule has 30 heavy (non-hydrogen) atoms. The van der Waals surface area contributed by atoms with Crippen molar-refractivity contribution in [3.05, 3.63) is 35.9 Å². The molecule has 1 unspecified atom stereocenters. The zero-order chi connectivity index (χ0) is 21.4. The largest absolute Gasteiger partial charge is 0.463 e. The van der Waals surface area contributed by atoms with Gasteiger partial charge in [0, 0.05) is 44.2 Å². The molecule has 1 amide bonds. The minimum Gasteiger partial charge on any atom is -0.463 e. The fourth-order valence-corrected chi connectivity index (χ4v) is 6.47. The third kappa shape index (κ3) is 3.67. The molecule has 2 aliphatic rings. The van der Waals surface area contributed by atoms with Gasteiger partial charge in [-0.15, -0.1) is 0 Å². The van der Waals surface area contributed by atoms with E-state index in [1.54, 1.807) is 41.2 Å². The summed E-state index contributed by atoms with van der Waals surface area (Å²) in [5, 5.41) is 4.26. The van der Waals surface area contributed by atoms with Gasteiger partial charge in [0.05, 0.1) is 25.5 Å². The Balaban J connectivity index is 1.42. The van der Waals surface area contributed by atoms with Gasteiger partial charge in [-0.2, -0.15) is 5.10 Å². The van der Waals surface area contributed by atoms with E-state index >= 15 is 0 Å². The lowest BCUT2D eigenvalue weighted by atomic mass is 9.83. The maximum absolute atomic E-state index is 12.8. The number of carbonyl (C=O) groups excluding carboxylic acids is 1. The zero-order valence-electron chi connectivity index (χ0n) is 17.0. The highest BCUT2D eigenvalue weighted by molar-refractivity contribution is 7.93. The summed E-state index contributed by atoms with van der Waals surface area (Å²) in [5.74, 6) is -0.376. The standard InChI is InChI=1S/C19H25N5O5S/c1-14-3-6-20-18(21-14)29-11-15-5-10-30(26,27)19(15)12-23(13-19)17(25)16-4-7-24(22-16)8-9-28-2/h3-4,6-7,15H,5,8-13H2,1-2H3. The Morgan fingerprint density at radius 1 is 1.33 bits per heavy atom. The lowest BCUT2D eigenvalue weighted by molar-refractivity contribution is 0.0397. The van der Waals surface area contributed by atoms with Crippen LogP contribution in [-0.4, -0.2) is 82.9 Å². The van der Waals surface area contributed by atoms with Gasteiger partial charge in [0.2, 0.25) is 0 Å². The third-order valence-corrected chi connectivity index (χ3v) is 8.48. The van der Waals surface area contributed by atoms with E-state index in [0.717, 1.165) is 5.69 Å². The number of ether oxygens (including phenoxy) is 2. The van der Waals surface area contributed by atoms with Crippen LogP contribution >= 0.6 is 0 Å². The van der Waals surface area contributed by atoms with Crippen LogP contribution in [0, 0.1) is 12.8 Å². The molecule has 2 fully saturated rings. The Kier molecular flexibility index (Phi) is 5.49. The molecule has 1 spiro atoms. The summed E-state index contributed by atoms with van der Waals surface area (Å²) in [6, 6.07) is 3.64. The van der Waals surface area contributed by atoms with Crippen LogP contribution in [0.4, 0.5) is 0 Å². The molecule has 1 atom stereocenters. The van der Waals surface area contributed by atoms with Gasteiger partial charge in [0.1, 0.15) is 10.4 Å². The summed E-state index contributed by atoms with van der Waals surface area (Å²) in [5.41, 5.74) is 1.08. The van der Waals surface area contributed by atoms with E-state index in [-0.39, 0.29) is 43.3 Å². The van der Waals surface area contributed by atoms with E-state index in [1.807, 2.05) is 6.92 Å². The number of aromatic nitrogens is 4. The number of methoxy groups -OCH3 is 1. The maximum atomic E-state index is 12.8. The number of rotatable bonds is 7. The van der Waals surface area contributed by atoms with Crippen LogP contribution in [0.1, 0.15) is 22.6 Å². The minimum atomic E-state index is -3.32. The van der Waals surface area contributed by atoms with Gasteiger partial charge in [-0.3, -0.25) is 9.48 Å². The first kappa shape index (κ1) is 20.7. The first-order valence-electron chi connectivity index (χ1n) is 9.81. The number of hydrogen-bond donors (Lipinski definition) is 0. The van der Waals surface area contributed by atoms with Crippen molar-refractivity contribution in [1.29, 1.82) is 0 Å². The molecule has 4 rings (SSSR count). The van der Waals surface area contributed by atoms with Crippen LogP contribution in [0.5, 0.6) is 6.01 Å². The number of sulfone groups is 1. The molecule has 2 aromatic heterocycles. The predicted molar refractivity (Wildman–Crippen MR) is 107 cm³/mol. The molecular weight excluding hydrogens is 410 g/mol. The van der Waals surface area contributed by atoms with Gasteiger partial charge in [-0.25, -0.2) is 18.4 Å². The molecule has 0 N–H and O–H groups in total. The van der Waals surface area contributed by atoms with Gasteiger partial charge >= 0.3 is 6.01 Å². The van der Waals surface area contributed by atoms with Crippen molar-refractivity contribution in [2.75, 3.05) is 39.2 Å². The van der Waals surface area contributed by atoms with Gasteiger partial charge in [-0.1, -0.05) is 0 Å². The van der Waals surface area contributed by atoms with Crippen molar-refractivity contribution in [3.8, 4) is 6.01 Å². The second-order valence-corrected chi connectivity index (χ2v) is 10.2. The number of carbonyl (C=O) groups is 1. The topological polar surface area (TPSA) is 117 Å². The molecule has 0 saturated carbocycles. The van der Waals surface area contributed by atoms with E-state index < -0.39 is 14.6 Å². The van der Waals surface area contributed by atoms with Crippen molar-refractivity contribution >= 4 is 15.7 Å². The van der Waals surface area contributed by atoms with E-state index in [0.29, 0.717) is 25.3 Å². The van der Waals surface area contributed by atoms with Crippen LogP contribution in [0.2, 0.25) is 0 Å². The molecule has 0 aliphatic carbocycles. The maximum Gasteiger partial charge on any atom is 0.316 e. The fraction of sp³-hybridized carbons (Fsp3) is 0.579. The van der Waals surface area contributed by atoms with Crippen LogP contribution in [0.25, 0.3) is 0 Å². The van der Waals surface area contributed by atoms with Crippen LogP contribution in [0.3, 0.4) is 0 Å². The molecule has 2 aliphatic heterocycles. The molecule has 0 aromatic carbocycles. The number of nitrogens with zero attached hydrogens (tertiary/aromatic N) is 5. The Hall–Kier alpha value is -2.53. The second-order valence-electron chi connectivity index (χ2n) is 7.78. The Morgan fingerprint density at radius 3 is 2.87 bits per heavy atom. The minimum absolute atomic E-state index is 0.101. The van der Waals surface area contributed by atoms with E-state index in [1.165, 1.54) is 0 Å². The van der Waals surface area contributed by atoms with Crippen LogP contribution < -0.4 is 4.74 Å². The predicted octanol–water partition coefficient (Wildman–Crippen LogP) is 0.336. The molecule has 4 heterocycles. The van der Waals surface area contributed by atoms with E-state index in [4.69, 9.17) is 9.47 Å². The fourth-order valence-electron chi connectivity index (χ4n) is 4.07. The monoisotopic (exact) mass is 435 g/mol.